The van der Waals surface area contributed by atoms with Gasteiger partial charge in [0.1, 0.15) is 6.61 Å². The summed E-state index contributed by atoms with van der Waals surface area (Å²) >= 11 is 0. The highest BCUT2D eigenvalue weighted by Crippen LogP contribution is 2.14. The predicted molar refractivity (Wildman–Crippen MR) is 361 cm³/mol. The third kappa shape index (κ3) is 67.0. The zero-order valence-corrected chi connectivity index (χ0v) is 52.2. The first-order valence-corrected chi connectivity index (χ1v) is 32.6. The summed E-state index contributed by atoms with van der Waals surface area (Å²) in [6.07, 6.45) is 112. The first-order chi connectivity index (χ1) is 40.6. The lowest BCUT2D eigenvalue weighted by molar-refractivity contribution is -0.161. The lowest BCUT2D eigenvalue weighted by atomic mass is 10.0. The van der Waals surface area contributed by atoms with Crippen LogP contribution in [0.25, 0.3) is 0 Å². The molecule has 0 heterocycles. The van der Waals surface area contributed by atoms with E-state index in [-0.39, 0.29) is 25.2 Å². The van der Waals surface area contributed by atoms with Gasteiger partial charge in [-0.25, -0.2) is 0 Å². The van der Waals surface area contributed by atoms with Gasteiger partial charge in [0.2, 0.25) is 0 Å². The van der Waals surface area contributed by atoms with Gasteiger partial charge in [-0.05, 0) is 148 Å². The highest BCUT2D eigenvalue weighted by atomic mass is 16.6. The number of ether oxygens (including phenoxy) is 2. The summed E-state index contributed by atoms with van der Waals surface area (Å²) in [5.74, 6) is -0.645. The number of unbranched alkanes of at least 4 members (excludes halogenated alkanes) is 15. The van der Waals surface area contributed by atoms with Crippen LogP contribution in [0.3, 0.4) is 0 Å². The fraction of sp³-hybridized carbons (Fsp3) is 0.532. The molecule has 0 fully saturated rings. The quantitative estimate of drug-likeness (QED) is 0.0373. The van der Waals surface area contributed by atoms with Crippen LogP contribution in [0.4, 0.5) is 0 Å². The van der Waals surface area contributed by atoms with E-state index in [0.29, 0.717) is 12.8 Å². The van der Waals surface area contributed by atoms with E-state index < -0.39 is 6.10 Å². The van der Waals surface area contributed by atoms with Crippen molar-refractivity contribution in [2.24, 2.45) is 0 Å². The topological polar surface area (TPSA) is 72.8 Å². The Labute approximate surface area is 504 Å². The molecule has 0 rings (SSSR count). The van der Waals surface area contributed by atoms with Crippen LogP contribution in [0.1, 0.15) is 245 Å². The Balaban J connectivity index is 3.64. The first-order valence-electron chi connectivity index (χ1n) is 32.6. The Morgan fingerprint density at radius 2 is 0.488 bits per heavy atom. The predicted octanol–water partition coefficient (Wildman–Crippen LogP) is 23.0. The van der Waals surface area contributed by atoms with Crippen LogP contribution >= 0.6 is 0 Å². The minimum Gasteiger partial charge on any atom is -0.462 e. The van der Waals surface area contributed by atoms with Crippen molar-refractivity contribution in [1.29, 1.82) is 0 Å². The lowest BCUT2D eigenvalue weighted by Crippen LogP contribution is -2.28. The van der Waals surface area contributed by atoms with Crippen molar-refractivity contribution in [3.05, 3.63) is 207 Å². The molecule has 0 aliphatic heterocycles. The summed E-state index contributed by atoms with van der Waals surface area (Å²) in [6.45, 7) is 3.87. The van der Waals surface area contributed by atoms with Gasteiger partial charge in [0.15, 0.2) is 6.10 Å². The number of aliphatic hydroxyl groups excluding tert-OH is 1. The van der Waals surface area contributed by atoms with Gasteiger partial charge < -0.3 is 14.6 Å². The Bertz CT molecular complexity index is 1950. The van der Waals surface area contributed by atoms with E-state index in [1.165, 1.54) is 64.2 Å². The smallest absolute Gasteiger partial charge is 0.306 e. The van der Waals surface area contributed by atoms with Gasteiger partial charge >= 0.3 is 11.9 Å². The van der Waals surface area contributed by atoms with E-state index in [9.17, 15) is 14.7 Å². The number of hydrogen-bond donors (Lipinski definition) is 1. The number of carbonyl (C=O) groups is 2. The van der Waals surface area contributed by atoms with Crippen LogP contribution in [-0.2, 0) is 19.1 Å². The third-order valence-electron chi connectivity index (χ3n) is 13.1. The monoisotopic (exact) mass is 1120 g/mol. The van der Waals surface area contributed by atoms with E-state index in [1.807, 2.05) is 0 Å². The number of hydrogen-bond acceptors (Lipinski definition) is 5. The minimum atomic E-state index is -0.808. The molecule has 0 bridgehead atoms. The van der Waals surface area contributed by atoms with Crippen molar-refractivity contribution < 1.29 is 24.2 Å². The average molecular weight is 1120 g/mol. The van der Waals surface area contributed by atoms with Crippen molar-refractivity contribution >= 4 is 11.9 Å². The first kappa shape index (κ1) is 76.5. The van der Waals surface area contributed by atoms with Gasteiger partial charge in [-0.15, -0.1) is 0 Å². The SMILES string of the molecule is CC/C=C\C/C=C\C/C=C\C/C=C\C/C=C\C/C=C\C/C=C\C/C=C\C/C=C\CCCCCC(=O)OC(CO)COC(=O)CCCCCCCCCCCCCC/C=C\C/C=C\C/C=C\C/C=C\C/C=C\C/C=C\C/C=C\C/C=C\CC. The molecule has 0 saturated carbocycles. The molecule has 0 aromatic heterocycles. The highest BCUT2D eigenvalue weighted by molar-refractivity contribution is 5.70. The molecule has 0 aliphatic carbocycles. The standard InChI is InChI=1S/C77H118O5/c1-3-5-7-9-11-13-15-17-19-21-23-25-27-29-31-33-35-36-37-38-39-40-42-43-45-47-49-51-53-55-57-59-61-63-65-67-69-71-76(79)81-74-75(73-78)82-77(80)72-70-68-66-64-62-60-58-56-54-52-50-48-46-44-41-34-32-30-28-26-24-22-20-18-16-14-12-10-8-6-4-2/h5-8,11-14,17-20,23-26,29-32,35-36,38-39,41-44,48,50,54,56,60,62,75,78H,3-4,9-10,15-16,21-22,27-28,33-34,37,40,45-47,49,51-53,55,57-59,61,63-74H2,1-2H3/b7-5-,8-6-,13-11-,14-12-,19-17-,20-18-,25-23-,26-24-,31-29-,32-30-,36-35-,39-38-,43-42-,44-41-,50-48-,56-54-,62-60-. The molecule has 0 saturated heterocycles. The van der Waals surface area contributed by atoms with E-state index in [1.54, 1.807) is 0 Å². The van der Waals surface area contributed by atoms with Gasteiger partial charge in [0, 0.05) is 12.8 Å². The van der Waals surface area contributed by atoms with Gasteiger partial charge in [-0.2, -0.15) is 0 Å². The molecule has 1 atom stereocenters. The maximum Gasteiger partial charge on any atom is 0.306 e. The summed E-state index contributed by atoms with van der Waals surface area (Å²) < 4.78 is 10.7. The summed E-state index contributed by atoms with van der Waals surface area (Å²) in [5, 5.41) is 9.68. The van der Waals surface area contributed by atoms with E-state index >= 15 is 0 Å². The number of carbonyl (C=O) groups excluding carboxylic acids is 2. The van der Waals surface area contributed by atoms with Crippen molar-refractivity contribution in [1.82, 2.24) is 0 Å². The third-order valence-corrected chi connectivity index (χ3v) is 13.1. The Morgan fingerprint density at radius 1 is 0.280 bits per heavy atom. The largest absolute Gasteiger partial charge is 0.462 e. The van der Waals surface area contributed by atoms with Crippen molar-refractivity contribution in [3.8, 4) is 0 Å². The van der Waals surface area contributed by atoms with Gasteiger partial charge in [-0.3, -0.25) is 9.59 Å². The van der Waals surface area contributed by atoms with Crippen LogP contribution in [-0.4, -0.2) is 36.4 Å². The number of allylic oxidation sites excluding steroid dienone is 34. The Kier molecular flexibility index (Phi) is 65.1. The van der Waals surface area contributed by atoms with Crippen LogP contribution in [0.15, 0.2) is 207 Å². The Hall–Kier alpha value is -5.52. The summed E-state index contributed by atoms with van der Waals surface area (Å²) in [7, 11) is 0. The van der Waals surface area contributed by atoms with Gasteiger partial charge in [0.25, 0.3) is 0 Å². The van der Waals surface area contributed by atoms with E-state index in [2.05, 4.69) is 220 Å². The molecule has 1 unspecified atom stereocenters. The normalized spacial score (nSPS) is 13.6. The summed E-state index contributed by atoms with van der Waals surface area (Å²) in [6, 6.07) is 0. The zero-order chi connectivity index (χ0) is 59.1. The number of esters is 2. The van der Waals surface area contributed by atoms with Crippen LogP contribution in [0, 0.1) is 0 Å². The maximum absolute atomic E-state index is 12.3. The van der Waals surface area contributed by atoms with Crippen LogP contribution < -0.4 is 0 Å². The van der Waals surface area contributed by atoms with Gasteiger partial charge in [0.05, 0.1) is 6.61 Å². The average Bonchev–Trinajstić information content (AvgIpc) is 3.49. The van der Waals surface area contributed by atoms with Crippen molar-refractivity contribution in [2.45, 2.75) is 251 Å². The minimum absolute atomic E-state index is 0.0941. The van der Waals surface area contributed by atoms with Crippen LogP contribution in [0.2, 0.25) is 0 Å². The molecule has 5 nitrogen and oxygen atoms in total. The summed E-state index contributed by atoms with van der Waals surface area (Å²) in [5.41, 5.74) is 0. The molecule has 0 spiro atoms. The molecule has 0 aromatic carbocycles. The Morgan fingerprint density at radius 3 is 0.744 bits per heavy atom. The number of aliphatic hydroxyl groups is 1. The molecule has 456 valence electrons. The van der Waals surface area contributed by atoms with E-state index in [4.69, 9.17) is 9.47 Å². The fourth-order valence-corrected chi connectivity index (χ4v) is 8.27. The maximum atomic E-state index is 12.3. The highest BCUT2D eigenvalue weighted by Gasteiger charge is 2.16. The second kappa shape index (κ2) is 69.7. The van der Waals surface area contributed by atoms with Crippen LogP contribution in [0.5, 0.6) is 0 Å². The molecule has 82 heavy (non-hydrogen) atoms. The van der Waals surface area contributed by atoms with Crippen molar-refractivity contribution in [3.63, 3.8) is 0 Å². The molecule has 0 amide bonds. The van der Waals surface area contributed by atoms with Crippen molar-refractivity contribution in [2.75, 3.05) is 13.2 Å². The zero-order valence-electron chi connectivity index (χ0n) is 52.2. The molecular weight excluding hydrogens is 1000 g/mol. The number of rotatable bonds is 57. The molecule has 1 N–H and O–H groups in total. The van der Waals surface area contributed by atoms with Gasteiger partial charge in [-0.1, -0.05) is 291 Å². The summed E-state index contributed by atoms with van der Waals surface area (Å²) in [4.78, 5) is 24.6. The molecular formula is C77H118O5. The van der Waals surface area contributed by atoms with E-state index in [0.717, 1.165) is 154 Å². The lowest BCUT2D eigenvalue weighted by Gasteiger charge is -2.15. The molecule has 0 radical (unpaired) electrons. The molecule has 5 heteroatoms. The fourth-order valence-electron chi connectivity index (χ4n) is 8.27. The molecule has 0 aliphatic rings. The second-order valence-corrected chi connectivity index (χ2v) is 20.7. The second-order valence-electron chi connectivity index (χ2n) is 20.7. The molecule has 0 aromatic rings.